The van der Waals surface area contributed by atoms with Crippen LogP contribution in [0.25, 0.3) is 11.3 Å². The maximum Gasteiger partial charge on any atom is 0.410 e. The number of ether oxygens (including phenoxy) is 1. The molecule has 2 aromatic rings. The number of carbonyl (C=O) groups is 1. The van der Waals surface area contributed by atoms with Crippen LogP contribution in [0.1, 0.15) is 31.4 Å². The second-order valence-corrected chi connectivity index (χ2v) is 6.65. The van der Waals surface area contributed by atoms with Crippen molar-refractivity contribution in [3.63, 3.8) is 0 Å². The Morgan fingerprint density at radius 3 is 2.74 bits per heavy atom. The molecule has 1 aromatic heterocycles. The molecule has 1 saturated carbocycles. The molecule has 1 amide bonds. The lowest BCUT2D eigenvalue weighted by molar-refractivity contribution is 0.0860. The zero-order valence-electron chi connectivity index (χ0n) is 13.0. The van der Waals surface area contributed by atoms with E-state index in [1.165, 1.54) is 19.2 Å². The average Bonchev–Trinajstić information content (AvgIpc) is 3.24. The smallest absolute Gasteiger partial charge is 0.410 e. The van der Waals surface area contributed by atoms with Gasteiger partial charge in [-0.3, -0.25) is 0 Å². The molecule has 6 heteroatoms. The Balaban J connectivity index is 1.63. The molecule has 0 N–H and O–H groups in total. The minimum Gasteiger partial charge on any atom is -0.444 e. The standard InChI is InChI=1S/C17H19BrN2O3/c1-20(14-4-2-3-5-14)17(21)22-10-15-16(19-11-23-15)12-6-8-13(18)9-7-12/h6-9,11,14H,2-5,10H2,1H3. The van der Waals surface area contributed by atoms with E-state index in [4.69, 9.17) is 9.15 Å². The molecule has 5 nitrogen and oxygen atoms in total. The van der Waals surface area contributed by atoms with E-state index in [1.807, 2.05) is 24.3 Å². The normalized spacial score (nSPS) is 14.9. The summed E-state index contributed by atoms with van der Waals surface area (Å²) in [5.41, 5.74) is 1.63. The first-order valence-electron chi connectivity index (χ1n) is 7.73. The predicted octanol–water partition coefficient (Wildman–Crippen LogP) is 4.62. The van der Waals surface area contributed by atoms with Gasteiger partial charge in [0, 0.05) is 23.1 Å². The summed E-state index contributed by atoms with van der Waals surface area (Å²) in [5, 5.41) is 0. The molecule has 0 spiro atoms. The lowest BCUT2D eigenvalue weighted by atomic mass is 10.1. The van der Waals surface area contributed by atoms with E-state index in [2.05, 4.69) is 20.9 Å². The van der Waals surface area contributed by atoms with Crippen molar-refractivity contribution in [2.24, 2.45) is 0 Å². The molecule has 0 radical (unpaired) electrons. The summed E-state index contributed by atoms with van der Waals surface area (Å²) in [4.78, 5) is 18.1. The zero-order valence-corrected chi connectivity index (χ0v) is 14.6. The Labute approximate surface area is 143 Å². The van der Waals surface area contributed by atoms with Crippen molar-refractivity contribution in [1.29, 1.82) is 0 Å². The van der Waals surface area contributed by atoms with Crippen molar-refractivity contribution in [1.82, 2.24) is 9.88 Å². The van der Waals surface area contributed by atoms with Gasteiger partial charge < -0.3 is 14.1 Å². The van der Waals surface area contributed by atoms with Crippen molar-refractivity contribution in [2.75, 3.05) is 7.05 Å². The minimum absolute atomic E-state index is 0.0846. The monoisotopic (exact) mass is 378 g/mol. The van der Waals surface area contributed by atoms with E-state index in [9.17, 15) is 4.79 Å². The van der Waals surface area contributed by atoms with Crippen molar-refractivity contribution in [3.8, 4) is 11.3 Å². The van der Waals surface area contributed by atoms with Crippen LogP contribution in [0, 0.1) is 0 Å². The molecular formula is C17H19BrN2O3. The van der Waals surface area contributed by atoms with Crippen LogP contribution >= 0.6 is 15.9 Å². The van der Waals surface area contributed by atoms with Gasteiger partial charge in [-0.2, -0.15) is 0 Å². The summed E-state index contributed by atoms with van der Waals surface area (Å²) >= 11 is 3.41. The quantitative estimate of drug-likeness (QED) is 0.778. The molecule has 0 saturated heterocycles. The van der Waals surface area contributed by atoms with Crippen molar-refractivity contribution < 1.29 is 13.9 Å². The zero-order chi connectivity index (χ0) is 16.2. The highest BCUT2D eigenvalue weighted by Gasteiger charge is 2.25. The van der Waals surface area contributed by atoms with E-state index in [1.54, 1.807) is 11.9 Å². The van der Waals surface area contributed by atoms with Gasteiger partial charge in [0.05, 0.1) is 0 Å². The third-order valence-electron chi connectivity index (χ3n) is 4.25. The van der Waals surface area contributed by atoms with Gasteiger partial charge in [-0.25, -0.2) is 9.78 Å². The van der Waals surface area contributed by atoms with Gasteiger partial charge in [0.2, 0.25) is 0 Å². The van der Waals surface area contributed by atoms with Gasteiger partial charge in [0.15, 0.2) is 18.8 Å². The van der Waals surface area contributed by atoms with Crippen LogP contribution in [0.4, 0.5) is 4.79 Å². The summed E-state index contributed by atoms with van der Waals surface area (Å²) in [7, 11) is 1.80. The van der Waals surface area contributed by atoms with Crippen molar-refractivity contribution in [3.05, 3.63) is 40.9 Å². The van der Waals surface area contributed by atoms with Crippen LogP contribution in [0.5, 0.6) is 0 Å². The fourth-order valence-electron chi connectivity index (χ4n) is 2.89. The topological polar surface area (TPSA) is 55.6 Å². The first-order chi connectivity index (χ1) is 11.1. The summed E-state index contributed by atoms with van der Waals surface area (Å²) in [6.07, 6.45) is 5.53. The summed E-state index contributed by atoms with van der Waals surface area (Å²) in [5.74, 6) is 0.556. The van der Waals surface area contributed by atoms with Gasteiger partial charge >= 0.3 is 6.09 Å². The van der Waals surface area contributed by atoms with Crippen LogP contribution in [-0.4, -0.2) is 29.1 Å². The molecule has 1 fully saturated rings. The summed E-state index contributed by atoms with van der Waals surface area (Å²) in [6.45, 7) is 0.0846. The molecule has 1 aromatic carbocycles. The molecule has 23 heavy (non-hydrogen) atoms. The maximum atomic E-state index is 12.2. The molecule has 0 aliphatic heterocycles. The molecule has 0 bridgehead atoms. The third kappa shape index (κ3) is 3.75. The highest BCUT2D eigenvalue weighted by Crippen LogP contribution is 2.26. The van der Waals surface area contributed by atoms with E-state index in [-0.39, 0.29) is 12.7 Å². The Hall–Kier alpha value is -1.82. The molecule has 122 valence electrons. The van der Waals surface area contributed by atoms with Gasteiger partial charge in [0.25, 0.3) is 0 Å². The van der Waals surface area contributed by atoms with Gasteiger partial charge in [-0.05, 0) is 25.0 Å². The first-order valence-corrected chi connectivity index (χ1v) is 8.52. The molecule has 1 aliphatic carbocycles. The second kappa shape index (κ2) is 7.17. The average molecular weight is 379 g/mol. The Kier molecular flexibility index (Phi) is 5.00. The molecule has 3 rings (SSSR count). The summed E-state index contributed by atoms with van der Waals surface area (Å²) in [6, 6.07) is 8.06. The maximum absolute atomic E-state index is 12.2. The van der Waals surface area contributed by atoms with Crippen LogP contribution < -0.4 is 0 Å². The number of oxazole rings is 1. The van der Waals surface area contributed by atoms with Crippen molar-refractivity contribution >= 4 is 22.0 Å². The van der Waals surface area contributed by atoms with Crippen LogP contribution in [0.15, 0.2) is 39.5 Å². The van der Waals surface area contributed by atoms with Crippen LogP contribution in [-0.2, 0) is 11.3 Å². The molecular weight excluding hydrogens is 360 g/mol. The van der Waals surface area contributed by atoms with Gasteiger partial charge in [-0.15, -0.1) is 0 Å². The van der Waals surface area contributed by atoms with E-state index in [0.29, 0.717) is 17.5 Å². The Bertz CT molecular complexity index is 663. The summed E-state index contributed by atoms with van der Waals surface area (Å²) < 4.78 is 11.8. The van der Waals surface area contributed by atoms with E-state index >= 15 is 0 Å². The van der Waals surface area contributed by atoms with Gasteiger partial charge in [0.1, 0.15) is 5.69 Å². The molecule has 0 atom stereocenters. The predicted molar refractivity (Wildman–Crippen MR) is 89.8 cm³/mol. The number of carbonyl (C=O) groups excluding carboxylic acids is 1. The Morgan fingerprint density at radius 2 is 2.04 bits per heavy atom. The number of benzene rings is 1. The number of hydrogen-bond acceptors (Lipinski definition) is 4. The number of nitrogens with zero attached hydrogens (tertiary/aromatic N) is 2. The van der Waals surface area contributed by atoms with Crippen LogP contribution in [0.3, 0.4) is 0 Å². The fraction of sp³-hybridized carbons (Fsp3) is 0.412. The largest absolute Gasteiger partial charge is 0.444 e. The molecule has 1 heterocycles. The lowest BCUT2D eigenvalue weighted by Gasteiger charge is -2.23. The van der Waals surface area contributed by atoms with Crippen LogP contribution in [0.2, 0.25) is 0 Å². The highest BCUT2D eigenvalue weighted by atomic mass is 79.9. The fourth-order valence-corrected chi connectivity index (χ4v) is 3.15. The number of amides is 1. The number of rotatable bonds is 4. The molecule has 0 unspecified atom stereocenters. The minimum atomic E-state index is -0.310. The van der Waals surface area contributed by atoms with E-state index in [0.717, 1.165) is 22.9 Å². The first kappa shape index (κ1) is 16.1. The highest BCUT2D eigenvalue weighted by molar-refractivity contribution is 9.10. The van der Waals surface area contributed by atoms with Crippen molar-refractivity contribution in [2.45, 2.75) is 38.3 Å². The SMILES string of the molecule is CN(C(=O)OCc1ocnc1-c1ccc(Br)cc1)C1CCCC1. The number of halogens is 1. The Morgan fingerprint density at radius 1 is 1.35 bits per heavy atom. The van der Waals surface area contributed by atoms with E-state index < -0.39 is 0 Å². The molecule has 1 aliphatic rings. The number of aromatic nitrogens is 1. The number of hydrogen-bond donors (Lipinski definition) is 0. The lowest BCUT2D eigenvalue weighted by Crippen LogP contribution is -2.35. The third-order valence-corrected chi connectivity index (χ3v) is 4.77. The van der Waals surface area contributed by atoms with Gasteiger partial charge in [-0.1, -0.05) is 40.9 Å². The second-order valence-electron chi connectivity index (χ2n) is 5.73.